The normalized spacial score (nSPS) is 9.44. The molecular formula is C14H34N2O2. The maximum atomic E-state index is 11.0. The smallest absolute Gasteiger partial charge is 0.237 e. The van der Waals surface area contributed by atoms with E-state index in [9.17, 15) is 9.59 Å². The fourth-order valence-corrected chi connectivity index (χ4v) is 0.888. The molecule has 3 N–H and O–H groups in total. The molecule has 18 heavy (non-hydrogen) atoms. The van der Waals surface area contributed by atoms with Crippen molar-refractivity contribution in [2.75, 3.05) is 6.54 Å². The van der Waals surface area contributed by atoms with Gasteiger partial charge in [0.2, 0.25) is 5.91 Å². The Kier molecular flexibility index (Phi) is 36.0. The molecule has 0 rings (SSSR count). The molecule has 0 aliphatic heterocycles. The lowest BCUT2D eigenvalue weighted by atomic mass is 10.0. The monoisotopic (exact) mass is 262 g/mol. The first-order valence-electron chi connectivity index (χ1n) is 7.04. The van der Waals surface area contributed by atoms with Gasteiger partial charge in [-0.3, -0.25) is 4.79 Å². The standard InChI is InChI=1S/C8H16N2O2.3C2H6/c1-6(2)5-7(9)8(12)10-3-4-11;3*1-2/h4,6-7H,3,5,9H2,1-2H3,(H,10,12);3*1-2H3/t7-;;;/m0.../s1. The highest BCUT2D eigenvalue weighted by Gasteiger charge is 2.13. The highest BCUT2D eigenvalue weighted by molar-refractivity contribution is 5.83. The van der Waals surface area contributed by atoms with Gasteiger partial charge in [0, 0.05) is 0 Å². The fraction of sp³-hybridized carbons (Fsp3) is 0.857. The summed E-state index contributed by atoms with van der Waals surface area (Å²) in [7, 11) is 0. The van der Waals surface area contributed by atoms with Gasteiger partial charge >= 0.3 is 0 Å². The average molecular weight is 262 g/mol. The van der Waals surface area contributed by atoms with Crippen LogP contribution in [0.15, 0.2) is 0 Å². The predicted octanol–water partition coefficient (Wildman–Crippen LogP) is 2.75. The summed E-state index contributed by atoms with van der Waals surface area (Å²) in [5.41, 5.74) is 5.53. The summed E-state index contributed by atoms with van der Waals surface area (Å²) in [6.07, 6.45) is 1.28. The summed E-state index contributed by atoms with van der Waals surface area (Å²) >= 11 is 0. The maximum absolute atomic E-state index is 11.0. The number of hydrogen-bond acceptors (Lipinski definition) is 3. The zero-order valence-electron chi connectivity index (χ0n) is 13.5. The minimum Gasteiger partial charge on any atom is -0.348 e. The lowest BCUT2D eigenvalue weighted by Gasteiger charge is -2.12. The largest absolute Gasteiger partial charge is 0.348 e. The zero-order valence-corrected chi connectivity index (χ0v) is 13.5. The highest BCUT2D eigenvalue weighted by Crippen LogP contribution is 2.01. The molecule has 0 unspecified atom stereocenters. The number of hydrogen-bond donors (Lipinski definition) is 2. The molecule has 1 amide bonds. The number of nitrogens with two attached hydrogens (primary N) is 1. The number of carbonyl (C=O) groups excluding carboxylic acids is 2. The molecule has 4 heteroatoms. The van der Waals surface area contributed by atoms with Crippen molar-refractivity contribution in [2.24, 2.45) is 11.7 Å². The van der Waals surface area contributed by atoms with Crippen molar-refractivity contribution in [3.8, 4) is 0 Å². The maximum Gasteiger partial charge on any atom is 0.237 e. The third kappa shape index (κ3) is 24.4. The van der Waals surface area contributed by atoms with Gasteiger partial charge in [-0.2, -0.15) is 0 Å². The Hall–Kier alpha value is -0.900. The number of amides is 1. The number of aldehydes is 1. The molecular weight excluding hydrogens is 228 g/mol. The van der Waals surface area contributed by atoms with Crippen LogP contribution in [0.25, 0.3) is 0 Å². The molecule has 0 saturated heterocycles. The van der Waals surface area contributed by atoms with Gasteiger partial charge in [-0.15, -0.1) is 0 Å². The van der Waals surface area contributed by atoms with Gasteiger partial charge in [0.05, 0.1) is 12.6 Å². The van der Waals surface area contributed by atoms with Crippen LogP contribution in [0.5, 0.6) is 0 Å². The van der Waals surface area contributed by atoms with Crippen LogP contribution in [0.2, 0.25) is 0 Å². The quantitative estimate of drug-likeness (QED) is 0.748. The summed E-state index contributed by atoms with van der Waals surface area (Å²) in [6.45, 7) is 16.0. The first-order valence-corrected chi connectivity index (χ1v) is 7.04. The Labute approximate surface area is 114 Å². The second kappa shape index (κ2) is 25.1. The van der Waals surface area contributed by atoms with Crippen molar-refractivity contribution in [1.82, 2.24) is 5.32 Å². The van der Waals surface area contributed by atoms with E-state index in [1.165, 1.54) is 0 Å². The van der Waals surface area contributed by atoms with Crippen LogP contribution in [0.4, 0.5) is 0 Å². The molecule has 4 nitrogen and oxygen atoms in total. The Morgan fingerprint density at radius 2 is 1.50 bits per heavy atom. The molecule has 0 aromatic heterocycles. The highest BCUT2D eigenvalue weighted by atomic mass is 16.2. The van der Waals surface area contributed by atoms with Gasteiger partial charge in [0.1, 0.15) is 6.29 Å². The summed E-state index contributed by atoms with van der Waals surface area (Å²) in [5, 5.41) is 2.41. The van der Waals surface area contributed by atoms with Gasteiger partial charge in [-0.05, 0) is 12.3 Å². The van der Waals surface area contributed by atoms with E-state index in [4.69, 9.17) is 5.73 Å². The van der Waals surface area contributed by atoms with E-state index < -0.39 is 6.04 Å². The lowest BCUT2D eigenvalue weighted by Crippen LogP contribution is -2.41. The molecule has 0 aromatic rings. The van der Waals surface area contributed by atoms with Crippen LogP contribution in [0.3, 0.4) is 0 Å². The summed E-state index contributed by atoms with van der Waals surface area (Å²) in [4.78, 5) is 20.9. The van der Waals surface area contributed by atoms with Crippen molar-refractivity contribution in [2.45, 2.75) is 67.9 Å². The molecule has 0 heterocycles. The molecule has 0 spiro atoms. The minimum atomic E-state index is -0.495. The molecule has 0 radical (unpaired) electrons. The lowest BCUT2D eigenvalue weighted by molar-refractivity contribution is -0.123. The molecule has 0 aliphatic rings. The van der Waals surface area contributed by atoms with Crippen LogP contribution < -0.4 is 11.1 Å². The molecule has 0 aromatic carbocycles. The van der Waals surface area contributed by atoms with Gasteiger partial charge in [-0.25, -0.2) is 0 Å². The topological polar surface area (TPSA) is 72.2 Å². The second-order valence-electron chi connectivity index (χ2n) is 3.15. The number of nitrogens with one attached hydrogen (secondary N) is 1. The molecule has 0 aliphatic carbocycles. The van der Waals surface area contributed by atoms with E-state index in [2.05, 4.69) is 5.32 Å². The third-order valence-corrected chi connectivity index (χ3v) is 1.42. The van der Waals surface area contributed by atoms with Crippen molar-refractivity contribution < 1.29 is 9.59 Å². The van der Waals surface area contributed by atoms with Crippen LogP contribution in [0.1, 0.15) is 61.8 Å². The van der Waals surface area contributed by atoms with Crippen LogP contribution in [-0.4, -0.2) is 24.8 Å². The van der Waals surface area contributed by atoms with Crippen LogP contribution >= 0.6 is 0 Å². The van der Waals surface area contributed by atoms with E-state index in [-0.39, 0.29) is 12.5 Å². The minimum absolute atomic E-state index is 0.0463. The zero-order chi connectivity index (χ0) is 15.6. The average Bonchev–Trinajstić information content (AvgIpc) is 2.42. The SMILES string of the molecule is CC.CC.CC.CC(C)C[C@H](N)C(=O)NCC=O. The number of carbonyl (C=O) groups is 2. The predicted molar refractivity (Wildman–Crippen MR) is 80.5 cm³/mol. The van der Waals surface area contributed by atoms with Crippen molar-refractivity contribution in [1.29, 1.82) is 0 Å². The Balaban J connectivity index is -0.000000141. The van der Waals surface area contributed by atoms with Gasteiger partial charge < -0.3 is 15.8 Å². The fourth-order valence-electron chi connectivity index (χ4n) is 0.888. The molecule has 0 bridgehead atoms. The van der Waals surface area contributed by atoms with Gasteiger partial charge in [0.25, 0.3) is 0 Å². The summed E-state index contributed by atoms with van der Waals surface area (Å²) in [5.74, 6) is 0.137. The Morgan fingerprint density at radius 3 is 1.78 bits per heavy atom. The van der Waals surface area contributed by atoms with E-state index in [1.54, 1.807) is 0 Å². The van der Waals surface area contributed by atoms with E-state index in [1.807, 2.05) is 55.4 Å². The molecule has 0 saturated carbocycles. The number of rotatable bonds is 5. The summed E-state index contributed by atoms with van der Waals surface area (Å²) in [6, 6.07) is -0.495. The molecule has 1 atom stereocenters. The Morgan fingerprint density at radius 1 is 1.11 bits per heavy atom. The van der Waals surface area contributed by atoms with Gasteiger partial charge in [-0.1, -0.05) is 55.4 Å². The second-order valence-corrected chi connectivity index (χ2v) is 3.15. The Bertz CT molecular complexity index is 160. The molecule has 112 valence electrons. The van der Waals surface area contributed by atoms with Gasteiger partial charge in [0.15, 0.2) is 0 Å². The first-order chi connectivity index (χ1) is 8.57. The van der Waals surface area contributed by atoms with Crippen molar-refractivity contribution >= 4 is 12.2 Å². The third-order valence-electron chi connectivity index (χ3n) is 1.42. The van der Waals surface area contributed by atoms with E-state index in [0.29, 0.717) is 18.6 Å². The van der Waals surface area contributed by atoms with Crippen molar-refractivity contribution in [3.63, 3.8) is 0 Å². The van der Waals surface area contributed by atoms with Crippen LogP contribution in [0, 0.1) is 5.92 Å². The first kappa shape index (κ1) is 25.8. The van der Waals surface area contributed by atoms with Crippen LogP contribution in [-0.2, 0) is 9.59 Å². The molecule has 0 fully saturated rings. The van der Waals surface area contributed by atoms with E-state index >= 15 is 0 Å². The van der Waals surface area contributed by atoms with E-state index in [0.717, 1.165) is 0 Å². The van der Waals surface area contributed by atoms with Crippen molar-refractivity contribution in [3.05, 3.63) is 0 Å². The summed E-state index contributed by atoms with van der Waals surface area (Å²) < 4.78 is 0.